The number of pyridine rings is 2. The maximum atomic E-state index is 13.3. The summed E-state index contributed by atoms with van der Waals surface area (Å²) in [7, 11) is 0. The fourth-order valence-corrected chi connectivity index (χ4v) is 4.22. The molecule has 0 radical (unpaired) electrons. The average molecular weight is 418 g/mol. The molecule has 31 heavy (non-hydrogen) atoms. The molecule has 5 rings (SSSR count). The molecule has 0 bridgehead atoms. The second-order valence-corrected chi connectivity index (χ2v) is 7.93. The van der Waals surface area contributed by atoms with E-state index in [4.69, 9.17) is 14.5 Å². The second kappa shape index (κ2) is 9.09. The van der Waals surface area contributed by atoms with Gasteiger partial charge in [0.2, 0.25) is 0 Å². The number of fused-ring (bicyclic) bond motifs is 1. The highest BCUT2D eigenvalue weighted by Gasteiger charge is 2.27. The van der Waals surface area contributed by atoms with Crippen molar-refractivity contribution in [3.63, 3.8) is 0 Å². The number of ether oxygens (including phenoxy) is 2. The number of aromatic nitrogens is 2. The first-order valence-corrected chi connectivity index (χ1v) is 10.8. The van der Waals surface area contributed by atoms with Crippen molar-refractivity contribution in [3.05, 3.63) is 71.7 Å². The Kier molecular flexibility index (Phi) is 5.88. The van der Waals surface area contributed by atoms with Gasteiger partial charge in [0, 0.05) is 44.3 Å². The quantitative estimate of drug-likeness (QED) is 0.649. The van der Waals surface area contributed by atoms with Crippen molar-refractivity contribution in [2.24, 2.45) is 0 Å². The molecule has 0 aliphatic carbocycles. The Bertz CT molecular complexity index is 1050. The van der Waals surface area contributed by atoms with Gasteiger partial charge in [0.1, 0.15) is 6.10 Å². The molecular weight excluding hydrogens is 392 g/mol. The van der Waals surface area contributed by atoms with E-state index in [1.165, 1.54) is 0 Å². The normalized spacial score (nSPS) is 20.1. The van der Waals surface area contributed by atoms with E-state index in [2.05, 4.69) is 9.88 Å². The Hall–Kier alpha value is -2.87. The lowest BCUT2D eigenvalue weighted by Crippen LogP contribution is -2.41. The highest BCUT2D eigenvalue weighted by Crippen LogP contribution is 2.27. The van der Waals surface area contributed by atoms with Crippen LogP contribution in [0.2, 0.25) is 0 Å². The third-order valence-corrected chi connectivity index (χ3v) is 5.86. The molecule has 160 valence electrons. The van der Waals surface area contributed by atoms with Gasteiger partial charge in [-0.3, -0.25) is 14.7 Å². The van der Waals surface area contributed by atoms with E-state index in [0.717, 1.165) is 35.4 Å². The van der Waals surface area contributed by atoms with E-state index >= 15 is 0 Å². The summed E-state index contributed by atoms with van der Waals surface area (Å²) in [6, 6.07) is 15.7. The molecule has 2 fully saturated rings. The van der Waals surface area contributed by atoms with Gasteiger partial charge in [-0.1, -0.05) is 24.3 Å². The molecule has 2 saturated heterocycles. The molecule has 2 aromatic heterocycles. The molecule has 2 aliphatic heterocycles. The SMILES string of the molecule is O=C(c1cc([C@@H]2CN(Cc3ccccn3)CCO2)nc2ccccc12)N1CCOCC1. The molecule has 1 atom stereocenters. The summed E-state index contributed by atoms with van der Waals surface area (Å²) in [5.41, 5.74) is 3.36. The van der Waals surface area contributed by atoms with Crippen LogP contribution in [0, 0.1) is 0 Å². The van der Waals surface area contributed by atoms with Gasteiger partial charge < -0.3 is 14.4 Å². The molecule has 1 aromatic carbocycles. The molecule has 2 aliphatic rings. The first-order valence-electron chi connectivity index (χ1n) is 10.8. The van der Waals surface area contributed by atoms with Gasteiger partial charge in [0.05, 0.1) is 42.3 Å². The Morgan fingerprint density at radius 1 is 1.03 bits per heavy atom. The van der Waals surface area contributed by atoms with Gasteiger partial charge in [-0.15, -0.1) is 0 Å². The van der Waals surface area contributed by atoms with Gasteiger partial charge in [0.25, 0.3) is 5.91 Å². The standard InChI is InChI=1S/C24H26N4O3/c29-24(28-10-12-30-13-11-28)20-15-22(26-21-7-2-1-6-19(20)21)23-17-27(9-14-31-23)16-18-5-3-4-8-25-18/h1-8,15,23H,9-14,16-17H2/t23-/m0/s1. The zero-order chi connectivity index (χ0) is 21.0. The zero-order valence-electron chi connectivity index (χ0n) is 17.4. The topological polar surface area (TPSA) is 67.8 Å². The summed E-state index contributed by atoms with van der Waals surface area (Å²) < 4.78 is 11.5. The van der Waals surface area contributed by atoms with Gasteiger partial charge >= 0.3 is 0 Å². The number of carbonyl (C=O) groups is 1. The van der Waals surface area contributed by atoms with Gasteiger partial charge in [-0.25, -0.2) is 4.98 Å². The van der Waals surface area contributed by atoms with Crippen LogP contribution in [-0.2, 0) is 16.0 Å². The number of benzene rings is 1. The highest BCUT2D eigenvalue weighted by atomic mass is 16.5. The van der Waals surface area contributed by atoms with E-state index in [1.807, 2.05) is 59.6 Å². The maximum absolute atomic E-state index is 13.3. The van der Waals surface area contributed by atoms with E-state index in [1.54, 1.807) is 0 Å². The van der Waals surface area contributed by atoms with Crippen LogP contribution in [0.3, 0.4) is 0 Å². The lowest BCUT2D eigenvalue weighted by molar-refractivity contribution is -0.0352. The number of nitrogens with zero attached hydrogens (tertiary/aromatic N) is 4. The van der Waals surface area contributed by atoms with Crippen LogP contribution in [0.1, 0.15) is 27.8 Å². The number of rotatable bonds is 4. The minimum atomic E-state index is -0.182. The summed E-state index contributed by atoms with van der Waals surface area (Å²) >= 11 is 0. The Balaban J connectivity index is 1.43. The van der Waals surface area contributed by atoms with Crippen molar-refractivity contribution in [2.75, 3.05) is 46.0 Å². The van der Waals surface area contributed by atoms with E-state index in [-0.39, 0.29) is 12.0 Å². The first-order chi connectivity index (χ1) is 15.3. The smallest absolute Gasteiger partial charge is 0.254 e. The molecule has 0 spiro atoms. The van der Waals surface area contributed by atoms with E-state index < -0.39 is 0 Å². The molecule has 0 saturated carbocycles. The predicted molar refractivity (Wildman–Crippen MR) is 117 cm³/mol. The van der Waals surface area contributed by atoms with Crippen LogP contribution in [0.25, 0.3) is 10.9 Å². The highest BCUT2D eigenvalue weighted by molar-refractivity contribution is 6.06. The number of morpholine rings is 2. The van der Waals surface area contributed by atoms with Crippen LogP contribution in [-0.4, -0.2) is 71.7 Å². The third kappa shape index (κ3) is 4.44. The molecule has 1 amide bonds. The van der Waals surface area contributed by atoms with Gasteiger partial charge in [-0.05, 0) is 24.3 Å². The van der Waals surface area contributed by atoms with Crippen LogP contribution < -0.4 is 0 Å². The van der Waals surface area contributed by atoms with Crippen molar-refractivity contribution in [1.82, 2.24) is 19.8 Å². The Morgan fingerprint density at radius 2 is 1.87 bits per heavy atom. The minimum Gasteiger partial charge on any atom is -0.378 e. The van der Waals surface area contributed by atoms with E-state index in [9.17, 15) is 4.79 Å². The van der Waals surface area contributed by atoms with Crippen molar-refractivity contribution < 1.29 is 14.3 Å². The lowest BCUT2D eigenvalue weighted by atomic mass is 10.0. The van der Waals surface area contributed by atoms with Crippen molar-refractivity contribution in [2.45, 2.75) is 12.6 Å². The molecule has 7 nitrogen and oxygen atoms in total. The first kappa shape index (κ1) is 20.1. The summed E-state index contributed by atoms with van der Waals surface area (Å²) in [6.45, 7) is 5.34. The van der Waals surface area contributed by atoms with Crippen LogP contribution in [0.5, 0.6) is 0 Å². The Labute approximate surface area is 181 Å². The minimum absolute atomic E-state index is 0.0318. The molecular formula is C24H26N4O3. The fraction of sp³-hybridized carbons (Fsp3) is 0.375. The summed E-state index contributed by atoms with van der Waals surface area (Å²) in [5, 5.41) is 0.879. The van der Waals surface area contributed by atoms with Gasteiger partial charge in [-0.2, -0.15) is 0 Å². The van der Waals surface area contributed by atoms with Crippen LogP contribution in [0.15, 0.2) is 54.7 Å². The van der Waals surface area contributed by atoms with Crippen molar-refractivity contribution >= 4 is 16.8 Å². The predicted octanol–water partition coefficient (Wildman–Crippen LogP) is 2.68. The largest absolute Gasteiger partial charge is 0.378 e. The molecule has 4 heterocycles. The van der Waals surface area contributed by atoms with Crippen molar-refractivity contribution in [3.8, 4) is 0 Å². The van der Waals surface area contributed by atoms with Crippen LogP contribution >= 0.6 is 0 Å². The summed E-state index contributed by atoms with van der Waals surface area (Å²) in [6.07, 6.45) is 1.64. The molecule has 0 N–H and O–H groups in total. The zero-order valence-corrected chi connectivity index (χ0v) is 17.4. The number of carbonyl (C=O) groups excluding carboxylic acids is 1. The summed E-state index contributed by atoms with van der Waals surface area (Å²) in [4.78, 5) is 26.8. The summed E-state index contributed by atoms with van der Waals surface area (Å²) in [5.74, 6) is 0.0318. The maximum Gasteiger partial charge on any atom is 0.254 e. The fourth-order valence-electron chi connectivity index (χ4n) is 4.22. The Morgan fingerprint density at radius 3 is 2.71 bits per heavy atom. The van der Waals surface area contributed by atoms with E-state index in [0.29, 0.717) is 45.0 Å². The van der Waals surface area contributed by atoms with Crippen molar-refractivity contribution in [1.29, 1.82) is 0 Å². The third-order valence-electron chi connectivity index (χ3n) is 5.86. The lowest BCUT2D eigenvalue weighted by Gasteiger charge is -2.33. The number of hydrogen-bond acceptors (Lipinski definition) is 6. The number of hydrogen-bond donors (Lipinski definition) is 0. The second-order valence-electron chi connectivity index (χ2n) is 7.93. The molecule has 0 unspecified atom stereocenters. The number of amides is 1. The number of para-hydroxylation sites is 1. The average Bonchev–Trinajstić information content (AvgIpc) is 2.84. The monoisotopic (exact) mass is 418 g/mol. The molecule has 3 aromatic rings. The van der Waals surface area contributed by atoms with Crippen LogP contribution in [0.4, 0.5) is 0 Å². The molecule has 7 heteroatoms. The van der Waals surface area contributed by atoms with Gasteiger partial charge in [0.15, 0.2) is 0 Å².